The van der Waals surface area contributed by atoms with E-state index in [0.717, 1.165) is 0 Å². The molecule has 1 aliphatic rings. The Hall–Kier alpha value is -1.44. The minimum Gasteiger partial charge on any atom is -0.390 e. The summed E-state index contributed by atoms with van der Waals surface area (Å²) in [6.45, 7) is 5.29. The first-order chi connectivity index (χ1) is 9.99. The molecule has 0 aliphatic carbocycles. The van der Waals surface area contributed by atoms with Crippen molar-refractivity contribution in [2.24, 2.45) is 11.8 Å². The van der Waals surface area contributed by atoms with Crippen molar-refractivity contribution < 1.29 is 24.3 Å². The molecular formula is C14H22N2O5. The van der Waals surface area contributed by atoms with Gasteiger partial charge in [-0.3, -0.25) is 4.79 Å². The van der Waals surface area contributed by atoms with Crippen LogP contribution < -0.4 is 0 Å². The first kappa shape index (κ1) is 15.9. The van der Waals surface area contributed by atoms with Gasteiger partial charge in [0.05, 0.1) is 19.3 Å². The molecular weight excluding hydrogens is 276 g/mol. The lowest BCUT2D eigenvalue weighted by atomic mass is 9.95. The van der Waals surface area contributed by atoms with E-state index in [2.05, 4.69) is 5.16 Å². The second kappa shape index (κ2) is 7.02. The van der Waals surface area contributed by atoms with Gasteiger partial charge in [-0.1, -0.05) is 19.0 Å². The Morgan fingerprint density at radius 1 is 1.48 bits per heavy atom. The Kier molecular flexibility index (Phi) is 5.33. The number of nitrogens with zero attached hydrogens (tertiary/aromatic N) is 2. The number of rotatable bonds is 5. The summed E-state index contributed by atoms with van der Waals surface area (Å²) >= 11 is 0. The predicted octanol–water partition coefficient (Wildman–Crippen LogP) is 0.141. The van der Waals surface area contributed by atoms with Gasteiger partial charge in [-0.2, -0.15) is 0 Å². The lowest BCUT2D eigenvalue weighted by Gasteiger charge is -2.35. The molecule has 2 N–H and O–H groups in total. The fourth-order valence-electron chi connectivity index (χ4n) is 2.46. The van der Waals surface area contributed by atoms with Gasteiger partial charge in [0.1, 0.15) is 12.4 Å². The van der Waals surface area contributed by atoms with Gasteiger partial charge in [-0.15, -0.1) is 0 Å². The monoisotopic (exact) mass is 298 g/mol. The van der Waals surface area contributed by atoms with Crippen LogP contribution in [0.2, 0.25) is 0 Å². The van der Waals surface area contributed by atoms with Gasteiger partial charge >= 0.3 is 0 Å². The maximum Gasteiger partial charge on any atom is 0.276 e. The molecule has 0 spiro atoms. The number of amides is 1. The Balaban J connectivity index is 2.07. The van der Waals surface area contributed by atoms with Gasteiger partial charge in [0.2, 0.25) is 0 Å². The minimum atomic E-state index is -0.910. The number of hydrogen-bond donors (Lipinski definition) is 2. The highest BCUT2D eigenvalue weighted by atomic mass is 16.5. The van der Waals surface area contributed by atoms with E-state index in [1.54, 1.807) is 4.90 Å². The van der Waals surface area contributed by atoms with E-state index < -0.39 is 12.2 Å². The summed E-state index contributed by atoms with van der Waals surface area (Å²) < 4.78 is 9.97. The number of aromatic nitrogens is 1. The van der Waals surface area contributed by atoms with Crippen LogP contribution in [0.4, 0.5) is 0 Å². The van der Waals surface area contributed by atoms with Gasteiger partial charge < -0.3 is 24.4 Å². The first-order valence-corrected chi connectivity index (χ1v) is 7.12. The van der Waals surface area contributed by atoms with Gasteiger partial charge in [-0.05, 0) is 5.92 Å². The molecule has 0 aromatic carbocycles. The summed E-state index contributed by atoms with van der Waals surface area (Å²) in [5, 5.41) is 23.4. The zero-order chi connectivity index (χ0) is 15.4. The Morgan fingerprint density at radius 3 is 2.86 bits per heavy atom. The van der Waals surface area contributed by atoms with E-state index >= 15 is 0 Å². The van der Waals surface area contributed by atoms with Crippen molar-refractivity contribution in [3.8, 4) is 0 Å². The molecule has 1 amide bonds. The molecule has 0 radical (unpaired) electrons. The Morgan fingerprint density at radius 2 is 2.24 bits per heavy atom. The van der Waals surface area contributed by atoms with Crippen LogP contribution in [0.3, 0.4) is 0 Å². The Bertz CT molecular complexity index is 448. The quantitative estimate of drug-likeness (QED) is 0.803. The summed E-state index contributed by atoms with van der Waals surface area (Å²) in [4.78, 5) is 14.0. The summed E-state index contributed by atoms with van der Waals surface area (Å²) in [5.41, 5.74) is 0.238. The van der Waals surface area contributed by atoms with E-state index in [1.807, 2.05) is 13.8 Å². The zero-order valence-corrected chi connectivity index (χ0v) is 12.3. The third-order valence-corrected chi connectivity index (χ3v) is 3.48. The lowest BCUT2D eigenvalue weighted by Crippen LogP contribution is -2.50. The second-order valence-electron chi connectivity index (χ2n) is 5.84. The maximum atomic E-state index is 12.4. The van der Waals surface area contributed by atoms with Gasteiger partial charge in [0.25, 0.3) is 5.91 Å². The second-order valence-corrected chi connectivity index (χ2v) is 5.84. The average Bonchev–Trinajstić information content (AvgIpc) is 2.95. The van der Waals surface area contributed by atoms with Gasteiger partial charge in [-0.25, -0.2) is 0 Å². The van der Waals surface area contributed by atoms with E-state index in [0.29, 0.717) is 19.7 Å². The average molecular weight is 298 g/mol. The van der Waals surface area contributed by atoms with Crippen molar-refractivity contribution in [1.29, 1.82) is 0 Å². The SMILES string of the molecule is CC(C)CN(C[C@@H]1COC[C@@H](O)[C@H]1O)C(=O)c1ccon1. The molecule has 118 valence electrons. The number of ether oxygens (including phenoxy) is 1. The first-order valence-electron chi connectivity index (χ1n) is 7.12. The number of carbonyl (C=O) groups excluding carboxylic acids is 1. The highest BCUT2D eigenvalue weighted by molar-refractivity contribution is 5.92. The topological polar surface area (TPSA) is 96.0 Å². The molecule has 1 aromatic rings. The molecule has 1 aromatic heterocycles. The molecule has 0 unspecified atom stereocenters. The normalized spacial score (nSPS) is 26.0. The number of aliphatic hydroxyl groups excluding tert-OH is 2. The molecule has 1 aliphatic heterocycles. The van der Waals surface area contributed by atoms with Crippen LogP contribution >= 0.6 is 0 Å². The highest BCUT2D eigenvalue weighted by Gasteiger charge is 2.34. The third kappa shape index (κ3) is 4.03. The highest BCUT2D eigenvalue weighted by Crippen LogP contribution is 2.18. The standard InChI is InChI=1S/C14H22N2O5/c1-9(2)5-16(14(19)11-3-4-21-15-11)6-10-7-20-8-12(17)13(10)18/h3-4,9-10,12-13,17-18H,5-8H2,1-2H3/t10-,12-,13+/m1/s1. The van der Waals surface area contributed by atoms with Crippen molar-refractivity contribution in [2.45, 2.75) is 26.1 Å². The fourth-order valence-corrected chi connectivity index (χ4v) is 2.46. The Labute approximate surface area is 123 Å². The van der Waals surface area contributed by atoms with Gasteiger partial charge in [0, 0.05) is 25.1 Å². The van der Waals surface area contributed by atoms with Crippen molar-refractivity contribution in [1.82, 2.24) is 10.1 Å². The third-order valence-electron chi connectivity index (χ3n) is 3.48. The van der Waals surface area contributed by atoms with Crippen molar-refractivity contribution in [3.63, 3.8) is 0 Å². The molecule has 7 heteroatoms. The van der Waals surface area contributed by atoms with Crippen molar-refractivity contribution in [2.75, 3.05) is 26.3 Å². The lowest BCUT2D eigenvalue weighted by molar-refractivity contribution is -0.124. The van der Waals surface area contributed by atoms with E-state index in [4.69, 9.17) is 9.26 Å². The van der Waals surface area contributed by atoms with Crippen LogP contribution in [0, 0.1) is 11.8 Å². The maximum absolute atomic E-state index is 12.4. The molecule has 1 saturated heterocycles. The molecule has 0 bridgehead atoms. The van der Waals surface area contributed by atoms with Crippen molar-refractivity contribution in [3.05, 3.63) is 18.0 Å². The number of carbonyl (C=O) groups is 1. The fraction of sp³-hybridized carbons (Fsp3) is 0.714. The molecule has 7 nitrogen and oxygen atoms in total. The van der Waals surface area contributed by atoms with E-state index in [-0.39, 0.29) is 30.0 Å². The van der Waals surface area contributed by atoms with Crippen LogP contribution in [-0.2, 0) is 4.74 Å². The van der Waals surface area contributed by atoms with Crippen molar-refractivity contribution >= 4 is 5.91 Å². The molecule has 1 fully saturated rings. The number of hydrogen-bond acceptors (Lipinski definition) is 6. The van der Waals surface area contributed by atoms with Crippen LogP contribution in [0.15, 0.2) is 16.9 Å². The molecule has 21 heavy (non-hydrogen) atoms. The van der Waals surface area contributed by atoms with Crippen LogP contribution in [-0.4, -0.2) is 64.7 Å². The van der Waals surface area contributed by atoms with Crippen LogP contribution in [0.25, 0.3) is 0 Å². The summed E-state index contributed by atoms with van der Waals surface area (Å²) in [6.07, 6.45) is -0.450. The number of aliphatic hydroxyl groups is 2. The summed E-state index contributed by atoms with van der Waals surface area (Å²) in [7, 11) is 0. The molecule has 2 rings (SSSR count). The van der Waals surface area contributed by atoms with E-state index in [1.165, 1.54) is 12.3 Å². The zero-order valence-electron chi connectivity index (χ0n) is 12.3. The van der Waals surface area contributed by atoms with Crippen LogP contribution in [0.1, 0.15) is 24.3 Å². The van der Waals surface area contributed by atoms with E-state index in [9.17, 15) is 15.0 Å². The van der Waals surface area contributed by atoms with Gasteiger partial charge in [0.15, 0.2) is 5.69 Å². The molecule has 3 atom stereocenters. The molecule has 2 heterocycles. The van der Waals surface area contributed by atoms with Crippen LogP contribution in [0.5, 0.6) is 0 Å². The minimum absolute atomic E-state index is 0.124. The summed E-state index contributed by atoms with van der Waals surface area (Å²) in [5.74, 6) is -0.291. The summed E-state index contributed by atoms with van der Waals surface area (Å²) in [6, 6.07) is 1.51. The smallest absolute Gasteiger partial charge is 0.276 e. The predicted molar refractivity (Wildman–Crippen MR) is 73.6 cm³/mol. The molecule has 0 saturated carbocycles. The largest absolute Gasteiger partial charge is 0.390 e.